The van der Waals surface area contributed by atoms with Crippen molar-refractivity contribution in [1.82, 2.24) is 25.3 Å². The second kappa shape index (κ2) is 19.3. The molecule has 16 nitrogen and oxygen atoms in total. The van der Waals surface area contributed by atoms with Crippen molar-refractivity contribution in [2.24, 2.45) is 0 Å². The number of aromatic nitrogens is 4. The second-order valence-corrected chi connectivity index (χ2v) is 15.1. The van der Waals surface area contributed by atoms with Crippen LogP contribution in [0.25, 0.3) is 20.4 Å². The van der Waals surface area contributed by atoms with Gasteiger partial charge in [-0.2, -0.15) is 0 Å². The largest absolute Gasteiger partial charge is 0.494 e. The first-order valence-electron chi connectivity index (χ1n) is 18.7. The van der Waals surface area contributed by atoms with Crippen molar-refractivity contribution in [2.75, 3.05) is 101 Å². The van der Waals surface area contributed by atoms with E-state index in [0.717, 1.165) is 63.7 Å². The number of benzene rings is 2. The van der Waals surface area contributed by atoms with Gasteiger partial charge in [-0.05, 0) is 55.6 Å². The Bertz CT molecular complexity index is 2200. The zero-order chi connectivity index (χ0) is 40.4. The summed E-state index contributed by atoms with van der Waals surface area (Å²) in [7, 11) is 6.68. The van der Waals surface area contributed by atoms with E-state index in [1.807, 2.05) is 31.3 Å². The van der Waals surface area contributed by atoms with E-state index in [0.29, 0.717) is 78.2 Å². The molecule has 18 heteroatoms. The van der Waals surface area contributed by atoms with E-state index in [1.165, 1.54) is 22.7 Å². The number of morpholine rings is 2. The summed E-state index contributed by atoms with van der Waals surface area (Å²) in [6.07, 6.45) is 3.24. The Balaban J connectivity index is 0.000000177. The monoisotopic (exact) mass is 827 g/mol. The molecular formula is C40H45N9O7S2. The Morgan fingerprint density at radius 3 is 1.60 bits per heavy atom. The summed E-state index contributed by atoms with van der Waals surface area (Å²) in [5.41, 5.74) is 6.21. The first-order valence-corrected chi connectivity index (χ1v) is 20.3. The van der Waals surface area contributed by atoms with Crippen LogP contribution in [0.15, 0.2) is 60.9 Å². The molecule has 2 aliphatic heterocycles. The zero-order valence-corrected chi connectivity index (χ0v) is 34.3. The lowest BCUT2D eigenvalue weighted by Gasteiger charge is -2.29. The van der Waals surface area contributed by atoms with E-state index >= 15 is 0 Å². The molecule has 2 aromatic carbocycles. The van der Waals surface area contributed by atoms with E-state index in [4.69, 9.17) is 23.7 Å². The van der Waals surface area contributed by atoms with Crippen LogP contribution in [0.2, 0.25) is 0 Å². The van der Waals surface area contributed by atoms with E-state index in [1.54, 1.807) is 58.0 Å². The zero-order valence-electron chi connectivity index (χ0n) is 32.7. The fourth-order valence-corrected chi connectivity index (χ4v) is 8.60. The Morgan fingerprint density at radius 2 is 1.16 bits per heavy atom. The molecule has 2 fully saturated rings. The fraction of sp³-hybridized carbons (Fsp3) is 0.350. The number of rotatable bonds is 12. The molecule has 2 amide bonds. The maximum Gasteiger partial charge on any atom is 0.257 e. The first kappa shape index (κ1) is 40.7. The van der Waals surface area contributed by atoms with Crippen molar-refractivity contribution < 1.29 is 33.3 Å². The molecule has 304 valence electrons. The van der Waals surface area contributed by atoms with Gasteiger partial charge in [-0.1, -0.05) is 22.7 Å². The molecule has 8 rings (SSSR count). The van der Waals surface area contributed by atoms with Gasteiger partial charge in [0.15, 0.2) is 10.3 Å². The number of carbonyl (C=O) groups excluding carboxylic acids is 2. The molecule has 0 bridgehead atoms. The van der Waals surface area contributed by atoms with Crippen molar-refractivity contribution in [2.45, 2.75) is 13.2 Å². The van der Waals surface area contributed by atoms with Gasteiger partial charge in [-0.25, -0.2) is 9.97 Å². The Morgan fingerprint density at radius 1 is 0.690 bits per heavy atom. The Kier molecular flexibility index (Phi) is 13.5. The number of pyridine rings is 2. The van der Waals surface area contributed by atoms with Crippen LogP contribution in [-0.2, 0) is 27.4 Å². The number of hydrogen-bond donors (Lipinski definition) is 3. The topological polar surface area (TPSA) is 174 Å². The lowest BCUT2D eigenvalue weighted by molar-refractivity contribution is 0.101. The number of nitrogens with zero attached hydrogens (tertiary/aromatic N) is 6. The highest BCUT2D eigenvalue weighted by atomic mass is 32.1. The van der Waals surface area contributed by atoms with Crippen LogP contribution in [0.4, 0.5) is 21.6 Å². The number of thiazole rings is 2. The molecule has 6 heterocycles. The minimum Gasteiger partial charge on any atom is -0.494 e. The smallest absolute Gasteiger partial charge is 0.257 e. The predicted octanol–water partition coefficient (Wildman–Crippen LogP) is 5.44. The first-order chi connectivity index (χ1) is 28.4. The van der Waals surface area contributed by atoms with Crippen LogP contribution in [0.1, 0.15) is 32.1 Å². The van der Waals surface area contributed by atoms with Gasteiger partial charge in [0.1, 0.15) is 22.5 Å². The number of amides is 2. The molecule has 0 unspecified atom stereocenters. The summed E-state index contributed by atoms with van der Waals surface area (Å²) in [4.78, 5) is 47.7. The normalized spacial score (nSPS) is 14.2. The molecule has 3 N–H and O–H groups in total. The average molecular weight is 828 g/mol. The number of anilines is 4. The van der Waals surface area contributed by atoms with Crippen molar-refractivity contribution >= 4 is 76.6 Å². The molecule has 0 spiro atoms. The van der Waals surface area contributed by atoms with E-state index in [9.17, 15) is 9.59 Å². The van der Waals surface area contributed by atoms with Crippen LogP contribution >= 0.6 is 22.7 Å². The van der Waals surface area contributed by atoms with Crippen molar-refractivity contribution in [1.29, 1.82) is 0 Å². The van der Waals surface area contributed by atoms with Crippen LogP contribution in [-0.4, -0.2) is 113 Å². The predicted molar refractivity (Wildman–Crippen MR) is 226 cm³/mol. The summed E-state index contributed by atoms with van der Waals surface area (Å²) in [6, 6.07) is 14.8. The number of ether oxygens (including phenoxy) is 5. The van der Waals surface area contributed by atoms with Gasteiger partial charge < -0.3 is 38.8 Å². The molecule has 0 atom stereocenters. The number of methoxy groups -OCH3 is 3. The number of fused-ring (bicyclic) bond motifs is 2. The third kappa shape index (κ3) is 9.44. The summed E-state index contributed by atoms with van der Waals surface area (Å²) in [6.45, 7) is 7.03. The number of carbonyl (C=O) groups is 2. The van der Waals surface area contributed by atoms with Crippen LogP contribution in [0, 0.1) is 0 Å². The molecule has 6 aromatic rings. The lowest BCUT2D eigenvalue weighted by atomic mass is 10.2. The van der Waals surface area contributed by atoms with Crippen molar-refractivity contribution in [3.63, 3.8) is 0 Å². The second-order valence-electron chi connectivity index (χ2n) is 13.1. The summed E-state index contributed by atoms with van der Waals surface area (Å²) >= 11 is 2.89. The Hall–Kier alpha value is -5.50. The molecule has 0 radical (unpaired) electrons. The van der Waals surface area contributed by atoms with Crippen LogP contribution in [0.3, 0.4) is 0 Å². The fourth-order valence-electron chi connectivity index (χ4n) is 6.56. The quantitative estimate of drug-likeness (QED) is 0.142. The molecule has 2 aliphatic rings. The highest BCUT2D eigenvalue weighted by Gasteiger charge is 2.22. The third-order valence-electron chi connectivity index (χ3n) is 9.36. The van der Waals surface area contributed by atoms with Gasteiger partial charge in [0.2, 0.25) is 0 Å². The van der Waals surface area contributed by atoms with Crippen molar-refractivity contribution in [3.05, 3.63) is 83.4 Å². The molecule has 0 saturated carbocycles. The van der Waals surface area contributed by atoms with E-state index in [-0.39, 0.29) is 11.8 Å². The Labute approximate surface area is 343 Å². The summed E-state index contributed by atoms with van der Waals surface area (Å²) < 4.78 is 29.0. The van der Waals surface area contributed by atoms with Gasteiger partial charge in [-0.3, -0.25) is 30.2 Å². The average Bonchev–Trinajstić information content (AvgIpc) is 3.89. The van der Waals surface area contributed by atoms with Gasteiger partial charge in [0.05, 0.1) is 79.4 Å². The standard InChI is InChI=1S/C20H23N5O3S.C20H22N4O4S/c1-21-12-14-11-13(5-6-22-14)19(26)24-20-23-17-16(27-2)4-3-15(18(17)29-20)25-7-9-28-10-8-25;1-26-12-14-11-13(5-6-21-14)19(25)23-20-22-17-16(27-2)4-3-15(18(17)29-20)24-7-9-28-10-8-24/h3-6,11,21H,7-10,12H2,1-2H3,(H,23,24,26);3-6,11H,7-10,12H2,1-2H3,(H,22,23,25). The van der Waals surface area contributed by atoms with Gasteiger partial charge in [-0.15, -0.1) is 0 Å². The summed E-state index contributed by atoms with van der Waals surface area (Å²) in [5.74, 6) is 0.917. The highest BCUT2D eigenvalue weighted by molar-refractivity contribution is 7.23. The van der Waals surface area contributed by atoms with Crippen molar-refractivity contribution in [3.8, 4) is 11.5 Å². The SMILES string of the molecule is CNCc1cc(C(=O)Nc2nc3c(OC)ccc(N4CCOCC4)c3s2)ccn1.COCc1cc(C(=O)Nc2nc3c(OC)ccc(N4CCOCC4)c3s2)ccn1. The highest BCUT2D eigenvalue weighted by Crippen LogP contribution is 2.41. The molecule has 2 saturated heterocycles. The van der Waals surface area contributed by atoms with Crippen LogP contribution in [0.5, 0.6) is 11.5 Å². The minimum absolute atomic E-state index is 0.212. The maximum atomic E-state index is 12.7. The van der Waals surface area contributed by atoms with E-state index in [2.05, 4.69) is 45.7 Å². The van der Waals surface area contributed by atoms with E-state index < -0.39 is 0 Å². The lowest BCUT2D eigenvalue weighted by Crippen LogP contribution is -2.36. The molecule has 4 aromatic heterocycles. The number of hydrogen-bond acceptors (Lipinski definition) is 16. The maximum absolute atomic E-state index is 12.7. The molecular weight excluding hydrogens is 783 g/mol. The third-order valence-corrected chi connectivity index (χ3v) is 11.4. The molecule has 0 aliphatic carbocycles. The van der Waals surface area contributed by atoms with Gasteiger partial charge in [0.25, 0.3) is 11.8 Å². The van der Waals surface area contributed by atoms with Gasteiger partial charge >= 0.3 is 0 Å². The van der Waals surface area contributed by atoms with Gasteiger partial charge in [0, 0.05) is 63.4 Å². The number of nitrogens with one attached hydrogen (secondary N) is 3. The van der Waals surface area contributed by atoms with Crippen LogP contribution < -0.4 is 35.2 Å². The minimum atomic E-state index is -0.240. The molecule has 58 heavy (non-hydrogen) atoms. The summed E-state index contributed by atoms with van der Waals surface area (Å²) in [5, 5.41) is 9.92.